The molecular weight excluding hydrogens is 324 g/mol. The molecule has 0 aliphatic heterocycles. The molecule has 0 saturated heterocycles. The number of halogens is 1. The molecule has 1 N–H and O–H groups in total. The van der Waals surface area contributed by atoms with Gasteiger partial charge in [0.15, 0.2) is 5.13 Å². The minimum atomic E-state index is -0.303. The summed E-state index contributed by atoms with van der Waals surface area (Å²) < 4.78 is 2.13. The van der Waals surface area contributed by atoms with Crippen LogP contribution in [0.2, 0.25) is 5.02 Å². The highest BCUT2D eigenvalue weighted by molar-refractivity contribution is 7.23. The topological polar surface area (TPSA) is 96.5 Å². The van der Waals surface area contributed by atoms with Crippen molar-refractivity contribution in [2.45, 2.75) is 13.5 Å². The first kappa shape index (κ1) is 14.4. The Hall–Kier alpha value is -2.50. The van der Waals surface area contributed by atoms with E-state index in [1.54, 1.807) is 6.07 Å². The predicted molar refractivity (Wildman–Crippen MR) is 82.7 cm³/mol. The molecule has 0 fully saturated rings. The van der Waals surface area contributed by atoms with Crippen LogP contribution in [-0.2, 0) is 11.3 Å². The largest absolute Gasteiger partial charge is 0.300 e. The Morgan fingerprint density at radius 3 is 3.05 bits per heavy atom. The number of carbonyl (C=O) groups excluding carboxylic acids is 1. The van der Waals surface area contributed by atoms with Gasteiger partial charge in [0.05, 0.1) is 15.2 Å². The molecule has 22 heavy (non-hydrogen) atoms. The summed E-state index contributed by atoms with van der Waals surface area (Å²) in [5, 5.41) is 16.2. The molecular formula is C13H9ClN6OS. The highest BCUT2D eigenvalue weighted by Crippen LogP contribution is 2.33. The first-order chi connectivity index (χ1) is 10.6. The maximum atomic E-state index is 12.0. The Kier molecular flexibility index (Phi) is 3.75. The summed E-state index contributed by atoms with van der Waals surface area (Å²) in [5.74, 6) is -0.280. The lowest BCUT2D eigenvalue weighted by Crippen LogP contribution is -2.19. The van der Waals surface area contributed by atoms with E-state index >= 15 is 0 Å². The van der Waals surface area contributed by atoms with Gasteiger partial charge < -0.3 is 5.32 Å². The maximum Gasteiger partial charge on any atom is 0.252 e. The van der Waals surface area contributed by atoms with Crippen LogP contribution in [-0.4, -0.2) is 25.7 Å². The number of amides is 1. The summed E-state index contributed by atoms with van der Waals surface area (Å²) in [4.78, 5) is 20.1. The standard InChI is InChI=1S/C13H9ClN6OS/c1-7-2-3-8(14)12-11(7)18-13(22-12)17-10(21)5-20-6-16-9(4-15)19-20/h2-3,6H,5H2,1H3,(H,17,18,21). The van der Waals surface area contributed by atoms with Crippen molar-refractivity contribution in [3.63, 3.8) is 0 Å². The molecule has 0 atom stereocenters. The van der Waals surface area contributed by atoms with E-state index in [-0.39, 0.29) is 18.3 Å². The quantitative estimate of drug-likeness (QED) is 0.794. The lowest BCUT2D eigenvalue weighted by molar-refractivity contribution is -0.116. The minimum absolute atomic E-state index is 0.0233. The molecule has 0 saturated carbocycles. The first-order valence-electron chi connectivity index (χ1n) is 6.22. The molecule has 0 unspecified atom stereocenters. The van der Waals surface area contributed by atoms with E-state index in [2.05, 4.69) is 20.4 Å². The van der Waals surface area contributed by atoms with E-state index in [1.807, 2.05) is 19.1 Å². The van der Waals surface area contributed by atoms with E-state index in [4.69, 9.17) is 16.9 Å². The molecule has 0 bridgehead atoms. The molecule has 3 rings (SSSR count). The fraction of sp³-hybridized carbons (Fsp3) is 0.154. The molecule has 110 valence electrons. The number of carbonyl (C=O) groups is 1. The Bertz CT molecular complexity index is 870. The molecule has 0 radical (unpaired) electrons. The van der Waals surface area contributed by atoms with Crippen LogP contribution in [0.1, 0.15) is 11.4 Å². The smallest absolute Gasteiger partial charge is 0.252 e. The van der Waals surface area contributed by atoms with Gasteiger partial charge in [-0.25, -0.2) is 14.6 Å². The van der Waals surface area contributed by atoms with Gasteiger partial charge >= 0.3 is 0 Å². The second kappa shape index (κ2) is 5.71. The number of rotatable bonds is 3. The number of nitrogens with zero attached hydrogens (tertiary/aromatic N) is 5. The Morgan fingerprint density at radius 2 is 2.36 bits per heavy atom. The lowest BCUT2D eigenvalue weighted by Gasteiger charge is -2.00. The van der Waals surface area contributed by atoms with Crippen molar-refractivity contribution in [2.24, 2.45) is 0 Å². The molecule has 7 nitrogen and oxygen atoms in total. The van der Waals surface area contributed by atoms with Crippen LogP contribution in [0.3, 0.4) is 0 Å². The van der Waals surface area contributed by atoms with Crippen molar-refractivity contribution in [1.29, 1.82) is 5.26 Å². The van der Waals surface area contributed by atoms with Gasteiger partial charge in [-0.05, 0) is 18.6 Å². The number of hydrogen-bond acceptors (Lipinski definition) is 6. The van der Waals surface area contributed by atoms with Crippen LogP contribution in [0.5, 0.6) is 0 Å². The number of nitrogens with one attached hydrogen (secondary N) is 1. The van der Waals surface area contributed by atoms with Gasteiger partial charge in [-0.3, -0.25) is 4.79 Å². The van der Waals surface area contributed by atoms with Gasteiger partial charge in [0, 0.05) is 0 Å². The maximum absolute atomic E-state index is 12.0. The van der Waals surface area contributed by atoms with Gasteiger partial charge in [0.1, 0.15) is 18.9 Å². The Morgan fingerprint density at radius 1 is 1.55 bits per heavy atom. The number of anilines is 1. The highest BCUT2D eigenvalue weighted by Gasteiger charge is 2.12. The molecule has 0 aliphatic carbocycles. The lowest BCUT2D eigenvalue weighted by atomic mass is 10.2. The summed E-state index contributed by atoms with van der Waals surface area (Å²) in [7, 11) is 0. The van der Waals surface area contributed by atoms with E-state index < -0.39 is 0 Å². The Labute approximate surface area is 134 Å². The normalized spacial score (nSPS) is 10.6. The number of aromatic nitrogens is 4. The number of fused-ring (bicyclic) bond motifs is 1. The van der Waals surface area contributed by atoms with Gasteiger partial charge in [-0.1, -0.05) is 29.0 Å². The number of aryl methyl sites for hydroxylation is 1. The van der Waals surface area contributed by atoms with Crippen molar-refractivity contribution in [1.82, 2.24) is 19.7 Å². The molecule has 9 heteroatoms. The number of nitriles is 1. The predicted octanol–water partition coefficient (Wildman–Crippen LogP) is 2.36. The first-order valence-corrected chi connectivity index (χ1v) is 7.41. The molecule has 2 heterocycles. The zero-order valence-electron chi connectivity index (χ0n) is 11.4. The Balaban J connectivity index is 1.78. The fourth-order valence-corrected chi connectivity index (χ4v) is 3.12. The zero-order chi connectivity index (χ0) is 15.7. The van der Waals surface area contributed by atoms with E-state index in [0.29, 0.717) is 10.2 Å². The fourth-order valence-electron chi connectivity index (χ4n) is 1.88. The third kappa shape index (κ3) is 2.77. The molecule has 0 spiro atoms. The van der Waals surface area contributed by atoms with Crippen molar-refractivity contribution >= 4 is 44.2 Å². The van der Waals surface area contributed by atoms with Crippen LogP contribution in [0, 0.1) is 18.3 Å². The summed E-state index contributed by atoms with van der Waals surface area (Å²) in [6.07, 6.45) is 1.33. The van der Waals surface area contributed by atoms with E-state index in [1.165, 1.54) is 22.3 Å². The van der Waals surface area contributed by atoms with Crippen molar-refractivity contribution < 1.29 is 4.79 Å². The summed E-state index contributed by atoms with van der Waals surface area (Å²) in [6, 6.07) is 5.49. The second-order valence-corrected chi connectivity index (χ2v) is 5.89. The third-order valence-electron chi connectivity index (χ3n) is 2.89. The molecule has 0 aliphatic rings. The minimum Gasteiger partial charge on any atom is -0.300 e. The van der Waals surface area contributed by atoms with Crippen molar-refractivity contribution in [3.05, 3.63) is 34.9 Å². The van der Waals surface area contributed by atoms with E-state index in [9.17, 15) is 4.79 Å². The summed E-state index contributed by atoms with van der Waals surface area (Å²) in [6.45, 7) is 1.89. The molecule has 1 aromatic carbocycles. The van der Waals surface area contributed by atoms with Gasteiger partial charge in [-0.15, -0.1) is 5.10 Å². The molecule has 1 amide bonds. The third-order valence-corrected chi connectivity index (χ3v) is 4.32. The van der Waals surface area contributed by atoms with Crippen LogP contribution >= 0.6 is 22.9 Å². The van der Waals surface area contributed by atoms with Crippen LogP contribution in [0.25, 0.3) is 10.2 Å². The highest BCUT2D eigenvalue weighted by atomic mass is 35.5. The summed E-state index contributed by atoms with van der Waals surface area (Å²) in [5.41, 5.74) is 1.77. The van der Waals surface area contributed by atoms with Crippen molar-refractivity contribution in [3.8, 4) is 6.07 Å². The van der Waals surface area contributed by atoms with E-state index in [0.717, 1.165) is 15.8 Å². The second-order valence-electron chi connectivity index (χ2n) is 4.49. The number of benzene rings is 1. The average molecular weight is 333 g/mol. The van der Waals surface area contributed by atoms with Gasteiger partial charge in [0.25, 0.3) is 5.82 Å². The van der Waals surface area contributed by atoms with Crippen molar-refractivity contribution in [2.75, 3.05) is 5.32 Å². The number of hydrogen-bond donors (Lipinski definition) is 1. The SMILES string of the molecule is Cc1ccc(Cl)c2sc(NC(=O)Cn3cnc(C#N)n3)nc12. The van der Waals surface area contributed by atoms with Crippen LogP contribution in [0.15, 0.2) is 18.5 Å². The van der Waals surface area contributed by atoms with Crippen LogP contribution < -0.4 is 5.32 Å². The molecule has 2 aromatic heterocycles. The van der Waals surface area contributed by atoms with Gasteiger partial charge in [-0.2, -0.15) is 5.26 Å². The van der Waals surface area contributed by atoms with Gasteiger partial charge in [0.2, 0.25) is 5.91 Å². The molecule has 3 aromatic rings. The average Bonchev–Trinajstić information content (AvgIpc) is 3.10. The monoisotopic (exact) mass is 332 g/mol. The number of thiazole rings is 1. The van der Waals surface area contributed by atoms with Crippen LogP contribution in [0.4, 0.5) is 5.13 Å². The zero-order valence-corrected chi connectivity index (χ0v) is 12.9. The summed E-state index contributed by atoms with van der Waals surface area (Å²) >= 11 is 7.45.